The van der Waals surface area contributed by atoms with Crippen molar-refractivity contribution in [3.8, 4) is 0 Å². The second kappa shape index (κ2) is 5.10. The van der Waals surface area contributed by atoms with Crippen LogP contribution < -0.4 is 5.43 Å². The Morgan fingerprint density at radius 3 is 3.00 bits per heavy atom. The van der Waals surface area contributed by atoms with E-state index < -0.39 is 0 Å². The zero-order chi connectivity index (χ0) is 13.4. The van der Waals surface area contributed by atoms with E-state index >= 15 is 0 Å². The number of aryl methyl sites for hydroxylation is 1. The average Bonchev–Trinajstić information content (AvgIpc) is 2.87. The van der Waals surface area contributed by atoms with Crippen LogP contribution in [0.4, 0.5) is 0 Å². The van der Waals surface area contributed by atoms with Crippen LogP contribution in [0.2, 0.25) is 0 Å². The molecule has 1 aromatic rings. The first-order valence-corrected chi connectivity index (χ1v) is 7.29. The monoisotopic (exact) mass is 261 g/mol. The Hall–Kier alpha value is -1.13. The summed E-state index contributed by atoms with van der Waals surface area (Å²) in [5.41, 5.74) is 2.96. The molecule has 104 valence electrons. The number of piperazine rings is 1. The number of nitrogens with zero attached hydrogens (tertiary/aromatic N) is 2. The normalized spacial score (nSPS) is 24.6. The van der Waals surface area contributed by atoms with Crippen LogP contribution in [0, 0.1) is 13.8 Å². The smallest absolute Gasteiger partial charge is 0.187 e. The number of fused-ring (bicyclic) bond motifs is 1. The highest BCUT2D eigenvalue weighted by atomic mass is 16.1. The Morgan fingerprint density at radius 2 is 2.16 bits per heavy atom. The SMILES string of the molecule is Cc1c[nH]c(CN2CCN3CCC[C@H]3C2)c(C)c1=O. The molecule has 19 heavy (non-hydrogen) atoms. The fourth-order valence-corrected chi connectivity index (χ4v) is 3.39. The number of pyridine rings is 1. The van der Waals surface area contributed by atoms with Crippen molar-refractivity contribution in [2.24, 2.45) is 0 Å². The van der Waals surface area contributed by atoms with Crippen molar-refractivity contribution in [3.63, 3.8) is 0 Å². The van der Waals surface area contributed by atoms with E-state index in [1.54, 1.807) is 0 Å². The molecule has 0 unspecified atom stereocenters. The van der Waals surface area contributed by atoms with Crippen LogP contribution in [0.3, 0.4) is 0 Å². The molecule has 2 saturated heterocycles. The molecular formula is C15H23N3O. The predicted octanol–water partition coefficient (Wildman–Crippen LogP) is 1.27. The van der Waals surface area contributed by atoms with Gasteiger partial charge in [0.25, 0.3) is 0 Å². The first-order chi connectivity index (χ1) is 9.15. The average molecular weight is 261 g/mol. The van der Waals surface area contributed by atoms with Gasteiger partial charge in [0.15, 0.2) is 5.43 Å². The first kappa shape index (κ1) is 12.9. The summed E-state index contributed by atoms with van der Waals surface area (Å²) in [7, 11) is 0. The van der Waals surface area contributed by atoms with Gasteiger partial charge in [-0.15, -0.1) is 0 Å². The summed E-state index contributed by atoms with van der Waals surface area (Å²) < 4.78 is 0. The van der Waals surface area contributed by atoms with Crippen molar-refractivity contribution in [2.45, 2.75) is 39.3 Å². The third kappa shape index (κ3) is 2.47. The molecule has 0 spiro atoms. The fraction of sp³-hybridized carbons (Fsp3) is 0.667. The third-order valence-electron chi connectivity index (χ3n) is 4.67. The number of aromatic amines is 1. The highest BCUT2D eigenvalue weighted by Gasteiger charge is 2.30. The van der Waals surface area contributed by atoms with Crippen LogP contribution in [0.5, 0.6) is 0 Å². The predicted molar refractivity (Wildman–Crippen MR) is 76.4 cm³/mol. The van der Waals surface area contributed by atoms with Gasteiger partial charge in [-0.05, 0) is 33.2 Å². The minimum absolute atomic E-state index is 0.188. The minimum Gasteiger partial charge on any atom is -0.363 e. The second-order valence-electron chi connectivity index (χ2n) is 5.97. The Labute approximate surface area is 114 Å². The lowest BCUT2D eigenvalue weighted by Crippen LogP contribution is -2.49. The van der Waals surface area contributed by atoms with E-state index in [1.165, 1.54) is 25.9 Å². The Kier molecular flexibility index (Phi) is 3.46. The molecule has 4 nitrogen and oxygen atoms in total. The summed E-state index contributed by atoms with van der Waals surface area (Å²) in [5.74, 6) is 0. The number of rotatable bonds is 2. The van der Waals surface area contributed by atoms with Crippen molar-refractivity contribution < 1.29 is 0 Å². The van der Waals surface area contributed by atoms with E-state index in [0.717, 1.165) is 42.5 Å². The van der Waals surface area contributed by atoms with Crippen molar-refractivity contribution in [1.29, 1.82) is 0 Å². The number of hydrogen-bond donors (Lipinski definition) is 1. The molecule has 0 saturated carbocycles. The van der Waals surface area contributed by atoms with Gasteiger partial charge in [0.1, 0.15) is 0 Å². The molecule has 0 amide bonds. The Morgan fingerprint density at radius 1 is 1.32 bits per heavy atom. The molecule has 2 fully saturated rings. The van der Waals surface area contributed by atoms with Gasteiger partial charge in [0.2, 0.25) is 0 Å². The van der Waals surface area contributed by atoms with Crippen molar-refractivity contribution >= 4 is 0 Å². The number of hydrogen-bond acceptors (Lipinski definition) is 3. The molecule has 0 bridgehead atoms. The molecular weight excluding hydrogens is 238 g/mol. The Bertz CT molecular complexity index is 523. The Balaban J connectivity index is 1.72. The lowest BCUT2D eigenvalue weighted by atomic mass is 10.1. The largest absolute Gasteiger partial charge is 0.363 e. The van der Waals surface area contributed by atoms with Gasteiger partial charge in [0, 0.05) is 55.2 Å². The zero-order valence-corrected chi connectivity index (χ0v) is 11.9. The zero-order valence-electron chi connectivity index (χ0n) is 11.9. The molecule has 0 aliphatic carbocycles. The van der Waals surface area contributed by atoms with Crippen molar-refractivity contribution in [3.05, 3.63) is 33.2 Å². The van der Waals surface area contributed by atoms with Crippen LogP contribution in [0.15, 0.2) is 11.0 Å². The van der Waals surface area contributed by atoms with Crippen LogP contribution in [0.1, 0.15) is 29.7 Å². The molecule has 1 atom stereocenters. The minimum atomic E-state index is 0.188. The second-order valence-corrected chi connectivity index (χ2v) is 5.97. The van der Waals surface area contributed by atoms with Gasteiger partial charge < -0.3 is 4.98 Å². The van der Waals surface area contributed by atoms with Gasteiger partial charge in [-0.3, -0.25) is 14.6 Å². The number of aromatic nitrogens is 1. The maximum atomic E-state index is 12.0. The molecule has 3 heterocycles. The summed E-state index contributed by atoms with van der Waals surface area (Å²) in [6.45, 7) is 9.41. The van der Waals surface area contributed by atoms with E-state index in [1.807, 2.05) is 20.0 Å². The number of nitrogens with one attached hydrogen (secondary N) is 1. The van der Waals surface area contributed by atoms with E-state index in [2.05, 4.69) is 14.8 Å². The maximum Gasteiger partial charge on any atom is 0.187 e. The summed E-state index contributed by atoms with van der Waals surface area (Å²) in [5, 5.41) is 0. The van der Waals surface area contributed by atoms with Crippen molar-refractivity contribution in [2.75, 3.05) is 26.2 Å². The van der Waals surface area contributed by atoms with Gasteiger partial charge in [-0.25, -0.2) is 0 Å². The highest BCUT2D eigenvalue weighted by Crippen LogP contribution is 2.22. The van der Waals surface area contributed by atoms with E-state index in [4.69, 9.17) is 0 Å². The lowest BCUT2D eigenvalue weighted by Gasteiger charge is -2.37. The quantitative estimate of drug-likeness (QED) is 0.871. The third-order valence-corrected chi connectivity index (χ3v) is 4.67. The summed E-state index contributed by atoms with van der Waals surface area (Å²) in [6.07, 6.45) is 4.52. The summed E-state index contributed by atoms with van der Waals surface area (Å²) in [6, 6.07) is 0.742. The van der Waals surface area contributed by atoms with Crippen LogP contribution >= 0.6 is 0 Å². The standard InChI is InChI=1S/C15H23N3O/c1-11-8-16-14(12(2)15(11)19)10-17-6-7-18-5-3-4-13(18)9-17/h8,13H,3-7,9-10H2,1-2H3,(H,16,19)/t13-/m0/s1. The van der Waals surface area contributed by atoms with Crippen molar-refractivity contribution in [1.82, 2.24) is 14.8 Å². The molecule has 1 aromatic heterocycles. The van der Waals surface area contributed by atoms with Gasteiger partial charge >= 0.3 is 0 Å². The van der Waals surface area contributed by atoms with E-state index in [0.29, 0.717) is 0 Å². The van der Waals surface area contributed by atoms with Gasteiger partial charge in [-0.1, -0.05) is 0 Å². The molecule has 2 aliphatic rings. The first-order valence-electron chi connectivity index (χ1n) is 7.29. The fourth-order valence-electron chi connectivity index (χ4n) is 3.39. The van der Waals surface area contributed by atoms with E-state index in [9.17, 15) is 4.79 Å². The molecule has 0 radical (unpaired) electrons. The lowest BCUT2D eigenvalue weighted by molar-refractivity contribution is 0.0983. The molecule has 0 aromatic carbocycles. The molecule has 4 heteroatoms. The van der Waals surface area contributed by atoms with Crippen LogP contribution in [-0.4, -0.2) is 47.0 Å². The molecule has 1 N–H and O–H groups in total. The van der Waals surface area contributed by atoms with Gasteiger partial charge in [-0.2, -0.15) is 0 Å². The van der Waals surface area contributed by atoms with Gasteiger partial charge in [0.05, 0.1) is 0 Å². The molecule has 2 aliphatic heterocycles. The summed E-state index contributed by atoms with van der Waals surface area (Å²) >= 11 is 0. The van der Waals surface area contributed by atoms with Crippen LogP contribution in [0.25, 0.3) is 0 Å². The van der Waals surface area contributed by atoms with Crippen LogP contribution in [-0.2, 0) is 6.54 Å². The number of H-pyrrole nitrogens is 1. The topological polar surface area (TPSA) is 39.3 Å². The maximum absolute atomic E-state index is 12.0. The highest BCUT2D eigenvalue weighted by molar-refractivity contribution is 5.23. The summed E-state index contributed by atoms with van der Waals surface area (Å²) in [4.78, 5) is 20.4. The van der Waals surface area contributed by atoms with E-state index in [-0.39, 0.29) is 5.43 Å². The molecule has 3 rings (SSSR count).